The van der Waals surface area contributed by atoms with Crippen LogP contribution >= 0.6 is 0 Å². The Labute approximate surface area is 138 Å². The maximum Gasteiger partial charge on any atom is 0.281 e. The molecular formula is C17H17FN4O2. The van der Waals surface area contributed by atoms with Crippen molar-refractivity contribution in [1.82, 2.24) is 4.57 Å². The number of aromatic nitrogens is 1. The third-order valence-corrected chi connectivity index (χ3v) is 3.41. The minimum Gasteiger partial charge on any atom is -0.493 e. The molecule has 24 heavy (non-hydrogen) atoms. The average molecular weight is 328 g/mol. The van der Waals surface area contributed by atoms with Crippen molar-refractivity contribution in [3.05, 3.63) is 51.6 Å². The lowest BCUT2D eigenvalue weighted by atomic mass is 10.1. The molecule has 0 spiro atoms. The minimum absolute atomic E-state index is 0.0108. The predicted molar refractivity (Wildman–Crippen MR) is 87.2 cm³/mol. The van der Waals surface area contributed by atoms with Crippen LogP contribution in [-0.2, 0) is 6.54 Å². The van der Waals surface area contributed by atoms with Crippen LogP contribution in [0.5, 0.6) is 5.88 Å². The number of pyridine rings is 1. The van der Waals surface area contributed by atoms with Crippen molar-refractivity contribution in [3.8, 4) is 11.9 Å². The number of hydrogen-bond donors (Lipinski definition) is 1. The van der Waals surface area contributed by atoms with E-state index in [2.05, 4.69) is 10.2 Å². The Morgan fingerprint density at radius 3 is 2.46 bits per heavy atom. The lowest BCUT2D eigenvalue weighted by Crippen LogP contribution is -2.24. The lowest BCUT2D eigenvalue weighted by Gasteiger charge is -2.14. The van der Waals surface area contributed by atoms with E-state index >= 15 is 0 Å². The van der Waals surface area contributed by atoms with E-state index in [0.29, 0.717) is 5.69 Å². The molecule has 0 atom stereocenters. The van der Waals surface area contributed by atoms with Crippen LogP contribution in [0.1, 0.15) is 25.0 Å². The Balaban J connectivity index is 2.58. The number of nitrogens with zero attached hydrogens (tertiary/aromatic N) is 4. The topological polar surface area (TPSA) is 90.7 Å². The van der Waals surface area contributed by atoms with Crippen molar-refractivity contribution in [3.63, 3.8) is 0 Å². The molecule has 0 aliphatic rings. The first kappa shape index (κ1) is 17.3. The zero-order chi connectivity index (χ0) is 17.9. The first-order chi connectivity index (χ1) is 11.3. The molecule has 1 aromatic carbocycles. The van der Waals surface area contributed by atoms with Crippen molar-refractivity contribution < 1.29 is 9.50 Å². The molecule has 1 aromatic heterocycles. The molecule has 0 unspecified atom stereocenters. The molecule has 7 heteroatoms. The second-order valence-corrected chi connectivity index (χ2v) is 5.77. The van der Waals surface area contributed by atoms with Crippen molar-refractivity contribution in [2.75, 3.05) is 0 Å². The molecule has 0 saturated carbocycles. The maximum atomic E-state index is 12.9. The van der Waals surface area contributed by atoms with Crippen LogP contribution in [-0.4, -0.2) is 9.67 Å². The van der Waals surface area contributed by atoms with E-state index in [1.54, 1.807) is 0 Å². The first-order valence-electron chi connectivity index (χ1n) is 7.39. The average Bonchev–Trinajstić information content (AvgIpc) is 2.53. The molecule has 2 rings (SSSR count). The van der Waals surface area contributed by atoms with Crippen LogP contribution in [0.25, 0.3) is 0 Å². The number of rotatable bonds is 4. The van der Waals surface area contributed by atoms with Gasteiger partial charge in [0.05, 0.1) is 5.69 Å². The molecule has 0 bridgehead atoms. The van der Waals surface area contributed by atoms with Gasteiger partial charge in [0.15, 0.2) is 5.69 Å². The van der Waals surface area contributed by atoms with Gasteiger partial charge in [0.25, 0.3) is 5.56 Å². The van der Waals surface area contributed by atoms with Crippen molar-refractivity contribution in [1.29, 1.82) is 5.26 Å². The standard InChI is InChI=1S/C17H17FN4O2/c1-10(2)9-22-16(23)14(8-19)11(3)15(17(22)24)21-20-13-6-4-12(18)5-7-13/h4-7,10,23H,9H2,1-3H3. The highest BCUT2D eigenvalue weighted by Crippen LogP contribution is 2.27. The summed E-state index contributed by atoms with van der Waals surface area (Å²) in [4.78, 5) is 12.6. The molecule has 0 aliphatic heterocycles. The summed E-state index contributed by atoms with van der Waals surface area (Å²) < 4.78 is 14.0. The molecule has 0 fully saturated rings. The highest BCUT2D eigenvalue weighted by Gasteiger charge is 2.19. The summed E-state index contributed by atoms with van der Waals surface area (Å²) in [5.41, 5.74) is 0.0734. The van der Waals surface area contributed by atoms with Crippen LogP contribution in [0.3, 0.4) is 0 Å². The van der Waals surface area contributed by atoms with Gasteiger partial charge in [-0.05, 0) is 37.1 Å². The number of halogens is 1. The summed E-state index contributed by atoms with van der Waals surface area (Å²) in [6, 6.07) is 7.20. The van der Waals surface area contributed by atoms with Crippen LogP contribution in [0, 0.1) is 30.0 Å². The van der Waals surface area contributed by atoms with Gasteiger partial charge in [-0.3, -0.25) is 9.36 Å². The zero-order valence-corrected chi connectivity index (χ0v) is 13.6. The van der Waals surface area contributed by atoms with E-state index in [-0.39, 0.29) is 35.2 Å². The summed E-state index contributed by atoms with van der Waals surface area (Å²) in [5, 5.41) is 27.3. The van der Waals surface area contributed by atoms with E-state index < -0.39 is 11.4 Å². The third kappa shape index (κ3) is 3.49. The van der Waals surface area contributed by atoms with Crippen LogP contribution in [0.15, 0.2) is 39.3 Å². The second-order valence-electron chi connectivity index (χ2n) is 5.77. The maximum absolute atomic E-state index is 12.9. The molecule has 0 saturated heterocycles. The first-order valence-corrected chi connectivity index (χ1v) is 7.39. The van der Waals surface area contributed by atoms with E-state index in [1.165, 1.54) is 31.2 Å². The summed E-state index contributed by atoms with van der Waals surface area (Å²) >= 11 is 0. The molecule has 2 aromatic rings. The van der Waals surface area contributed by atoms with Crippen molar-refractivity contribution in [2.24, 2.45) is 16.1 Å². The number of hydrogen-bond acceptors (Lipinski definition) is 5. The fourth-order valence-electron chi connectivity index (χ4n) is 2.21. The van der Waals surface area contributed by atoms with Gasteiger partial charge in [0, 0.05) is 12.1 Å². The largest absolute Gasteiger partial charge is 0.493 e. The van der Waals surface area contributed by atoms with Crippen LogP contribution < -0.4 is 5.56 Å². The minimum atomic E-state index is -0.524. The Morgan fingerprint density at radius 1 is 1.29 bits per heavy atom. The van der Waals surface area contributed by atoms with Gasteiger partial charge < -0.3 is 5.11 Å². The molecule has 0 radical (unpaired) electrons. The summed E-state index contributed by atoms with van der Waals surface area (Å²) in [7, 11) is 0. The van der Waals surface area contributed by atoms with Gasteiger partial charge in [0.2, 0.25) is 5.88 Å². The second kappa shape index (κ2) is 7.04. The van der Waals surface area contributed by atoms with Crippen LogP contribution in [0.4, 0.5) is 15.8 Å². The van der Waals surface area contributed by atoms with Crippen LogP contribution in [0.2, 0.25) is 0 Å². The Kier molecular flexibility index (Phi) is 5.09. The molecule has 1 heterocycles. The van der Waals surface area contributed by atoms with E-state index in [9.17, 15) is 19.6 Å². The van der Waals surface area contributed by atoms with E-state index in [4.69, 9.17) is 0 Å². The van der Waals surface area contributed by atoms with Gasteiger partial charge in [-0.2, -0.15) is 10.4 Å². The Hall–Kier alpha value is -3.01. The number of nitriles is 1. The van der Waals surface area contributed by atoms with Gasteiger partial charge in [-0.25, -0.2) is 4.39 Å². The highest BCUT2D eigenvalue weighted by molar-refractivity contribution is 5.56. The molecule has 124 valence electrons. The smallest absolute Gasteiger partial charge is 0.281 e. The number of benzene rings is 1. The number of azo groups is 1. The summed E-state index contributed by atoms with van der Waals surface area (Å²) in [6.45, 7) is 5.55. The van der Waals surface area contributed by atoms with Gasteiger partial charge in [-0.15, -0.1) is 5.11 Å². The van der Waals surface area contributed by atoms with Gasteiger partial charge in [-0.1, -0.05) is 13.8 Å². The fourth-order valence-corrected chi connectivity index (χ4v) is 2.21. The van der Waals surface area contributed by atoms with E-state index in [1.807, 2.05) is 19.9 Å². The highest BCUT2D eigenvalue weighted by atomic mass is 19.1. The summed E-state index contributed by atoms with van der Waals surface area (Å²) in [6.07, 6.45) is 0. The zero-order valence-electron chi connectivity index (χ0n) is 13.6. The van der Waals surface area contributed by atoms with Gasteiger partial charge in [0.1, 0.15) is 17.4 Å². The number of aromatic hydroxyl groups is 1. The molecule has 1 N–H and O–H groups in total. The SMILES string of the molecule is Cc1c(C#N)c(O)n(CC(C)C)c(=O)c1N=Nc1ccc(F)cc1. The quantitative estimate of drug-likeness (QED) is 0.862. The molecule has 0 aliphatic carbocycles. The van der Waals surface area contributed by atoms with E-state index in [0.717, 1.165) is 4.57 Å². The summed E-state index contributed by atoms with van der Waals surface area (Å²) in [5.74, 6) is -0.681. The van der Waals surface area contributed by atoms with Gasteiger partial charge >= 0.3 is 0 Å². The molecule has 0 amide bonds. The Bertz CT molecular complexity index is 877. The van der Waals surface area contributed by atoms with Crippen molar-refractivity contribution in [2.45, 2.75) is 27.3 Å². The fraction of sp³-hybridized carbons (Fsp3) is 0.294. The molecule has 6 nitrogen and oxygen atoms in total. The third-order valence-electron chi connectivity index (χ3n) is 3.41. The Morgan fingerprint density at radius 2 is 1.92 bits per heavy atom. The normalized spacial score (nSPS) is 11.2. The van der Waals surface area contributed by atoms with Crippen molar-refractivity contribution >= 4 is 11.4 Å². The monoisotopic (exact) mass is 328 g/mol. The predicted octanol–water partition coefficient (Wildman–Crippen LogP) is 3.94. The lowest BCUT2D eigenvalue weighted by molar-refractivity contribution is 0.381. The molecular weight excluding hydrogens is 311 g/mol.